The van der Waals surface area contributed by atoms with Crippen LogP contribution in [-0.2, 0) is 16.0 Å². The Kier molecular flexibility index (Phi) is 5.97. The Morgan fingerprint density at radius 2 is 1.78 bits per heavy atom. The summed E-state index contributed by atoms with van der Waals surface area (Å²) in [7, 11) is 0. The lowest BCUT2D eigenvalue weighted by Crippen LogP contribution is -2.50. The molecule has 0 aliphatic carbocycles. The molecule has 32 heavy (non-hydrogen) atoms. The Hall–Kier alpha value is -3.46. The first-order chi connectivity index (χ1) is 14.8. The smallest absolute Gasteiger partial charge is 0.328 e. The molecule has 168 valence electrons. The molecule has 0 saturated heterocycles. The van der Waals surface area contributed by atoms with Crippen LogP contribution < -0.4 is 5.32 Å². The number of fused-ring (bicyclic) bond motifs is 1. The number of aromatic hydroxyl groups is 1. The van der Waals surface area contributed by atoms with Crippen molar-refractivity contribution in [2.45, 2.75) is 32.7 Å². The maximum atomic E-state index is 14.1. The molecule has 0 unspecified atom stereocenters. The highest BCUT2D eigenvalue weighted by molar-refractivity contribution is 6.30. The van der Waals surface area contributed by atoms with Crippen molar-refractivity contribution in [3.8, 4) is 5.75 Å². The first-order valence-electron chi connectivity index (χ1n) is 9.40. The number of rotatable bonds is 5. The molecule has 0 radical (unpaired) electrons. The number of hydrogen-bond donors (Lipinski definition) is 3. The molecule has 0 aliphatic heterocycles. The van der Waals surface area contributed by atoms with Gasteiger partial charge in [0.05, 0.1) is 17.0 Å². The number of hydrogen-bond acceptors (Lipinski definition) is 4. The molecule has 10 heteroatoms. The maximum absolute atomic E-state index is 14.1. The summed E-state index contributed by atoms with van der Waals surface area (Å²) in [5.74, 6) is -5.10. The Morgan fingerprint density at radius 3 is 2.38 bits per heavy atom. The zero-order valence-corrected chi connectivity index (χ0v) is 18.1. The van der Waals surface area contributed by atoms with Crippen LogP contribution in [0.25, 0.3) is 10.9 Å². The molecule has 3 aromatic rings. The number of carbonyl (C=O) groups is 3. The van der Waals surface area contributed by atoms with Gasteiger partial charge in [-0.1, -0.05) is 11.6 Å². The summed E-state index contributed by atoms with van der Waals surface area (Å²) in [6, 6.07) is 5.46. The molecular formula is C22H19ClF2N2O5. The molecule has 2 aromatic carbocycles. The van der Waals surface area contributed by atoms with E-state index in [1.165, 1.54) is 32.9 Å². The summed E-state index contributed by atoms with van der Waals surface area (Å²) in [5.41, 5.74) is -1.04. The number of benzene rings is 2. The zero-order valence-electron chi connectivity index (χ0n) is 17.3. The van der Waals surface area contributed by atoms with Gasteiger partial charge < -0.3 is 15.5 Å². The van der Waals surface area contributed by atoms with Gasteiger partial charge >= 0.3 is 5.97 Å². The van der Waals surface area contributed by atoms with Crippen LogP contribution in [0.5, 0.6) is 5.75 Å². The number of carbonyl (C=O) groups excluding carboxylic acids is 2. The average molecular weight is 465 g/mol. The third kappa shape index (κ3) is 4.16. The third-order valence-electron chi connectivity index (χ3n) is 5.10. The zero-order chi connectivity index (χ0) is 24.0. The number of phenolic OH excluding ortho intramolecular Hbond substituents is 1. The summed E-state index contributed by atoms with van der Waals surface area (Å²) in [4.78, 5) is 37.0. The van der Waals surface area contributed by atoms with Crippen LogP contribution >= 0.6 is 11.6 Å². The molecule has 0 fully saturated rings. The molecule has 3 rings (SSSR count). The lowest BCUT2D eigenvalue weighted by Gasteiger charge is -2.21. The van der Waals surface area contributed by atoms with Crippen molar-refractivity contribution < 1.29 is 33.4 Å². The molecule has 7 nitrogen and oxygen atoms in total. The number of aromatic nitrogens is 1. The number of aliphatic carboxylic acids is 1. The van der Waals surface area contributed by atoms with Gasteiger partial charge in [-0.15, -0.1) is 0 Å². The van der Waals surface area contributed by atoms with Crippen LogP contribution in [-0.4, -0.2) is 38.1 Å². The van der Waals surface area contributed by atoms with E-state index in [0.717, 1.165) is 22.8 Å². The third-order valence-corrected chi connectivity index (χ3v) is 5.40. The van der Waals surface area contributed by atoms with E-state index in [-0.39, 0.29) is 39.2 Å². The van der Waals surface area contributed by atoms with Gasteiger partial charge in [-0.25, -0.2) is 13.6 Å². The summed E-state index contributed by atoms with van der Waals surface area (Å²) in [5, 5.41) is 21.5. The standard InChI is InChI=1S/C22H19ClF2N2O5/c1-10-12(8-19(29)26-22(2,3)21(31)32)13-7-18(28)16(25)9-17(13)27(10)20(30)11-4-5-14(23)15(24)6-11/h4-7,9,28H,8H2,1-3H3,(H,26,29)(H,31,32). The van der Waals surface area contributed by atoms with Crippen molar-refractivity contribution in [3.63, 3.8) is 0 Å². The van der Waals surface area contributed by atoms with Gasteiger partial charge in [0.1, 0.15) is 11.4 Å². The summed E-state index contributed by atoms with van der Waals surface area (Å²) in [6.45, 7) is 4.12. The Morgan fingerprint density at radius 1 is 1.12 bits per heavy atom. The molecular weight excluding hydrogens is 446 g/mol. The molecule has 1 aromatic heterocycles. The fourth-order valence-corrected chi connectivity index (χ4v) is 3.46. The molecule has 1 amide bonds. The van der Waals surface area contributed by atoms with Gasteiger partial charge in [-0.05, 0) is 50.6 Å². The Balaban J connectivity index is 2.14. The van der Waals surface area contributed by atoms with Gasteiger partial charge in [-0.3, -0.25) is 14.2 Å². The fourth-order valence-electron chi connectivity index (χ4n) is 3.34. The molecule has 3 N–H and O–H groups in total. The predicted octanol–water partition coefficient (Wildman–Crippen LogP) is 3.80. The molecule has 0 bridgehead atoms. The van der Waals surface area contributed by atoms with E-state index < -0.39 is 40.7 Å². The van der Waals surface area contributed by atoms with Crippen LogP contribution in [0.4, 0.5) is 8.78 Å². The van der Waals surface area contributed by atoms with E-state index in [4.69, 9.17) is 11.6 Å². The number of carboxylic acids is 1. The van der Waals surface area contributed by atoms with Crippen LogP contribution in [0.15, 0.2) is 30.3 Å². The quantitative estimate of drug-likeness (QED) is 0.532. The van der Waals surface area contributed by atoms with Gasteiger partial charge in [0.2, 0.25) is 5.91 Å². The highest BCUT2D eigenvalue weighted by Gasteiger charge is 2.30. The highest BCUT2D eigenvalue weighted by atomic mass is 35.5. The minimum atomic E-state index is -1.55. The summed E-state index contributed by atoms with van der Waals surface area (Å²) in [6.07, 6.45) is -0.348. The van der Waals surface area contributed by atoms with Gasteiger partial charge in [0.15, 0.2) is 11.6 Å². The van der Waals surface area contributed by atoms with E-state index in [9.17, 15) is 33.4 Å². The van der Waals surface area contributed by atoms with Crippen LogP contribution in [0.1, 0.15) is 35.5 Å². The number of amides is 1. The van der Waals surface area contributed by atoms with Gasteiger partial charge in [0, 0.05) is 22.7 Å². The number of carboxylic acid groups (broad SMARTS) is 1. The fraction of sp³-hybridized carbons (Fsp3) is 0.227. The van der Waals surface area contributed by atoms with Crippen molar-refractivity contribution in [1.82, 2.24) is 9.88 Å². The van der Waals surface area contributed by atoms with Gasteiger partial charge in [0.25, 0.3) is 5.91 Å². The predicted molar refractivity (Wildman–Crippen MR) is 113 cm³/mol. The van der Waals surface area contributed by atoms with Gasteiger partial charge in [-0.2, -0.15) is 0 Å². The maximum Gasteiger partial charge on any atom is 0.328 e. The first kappa shape index (κ1) is 23.2. The van der Waals surface area contributed by atoms with E-state index in [1.54, 1.807) is 0 Å². The van der Waals surface area contributed by atoms with Crippen LogP contribution in [0.3, 0.4) is 0 Å². The summed E-state index contributed by atoms with van der Waals surface area (Å²) >= 11 is 5.68. The van der Waals surface area contributed by atoms with Crippen molar-refractivity contribution in [3.05, 3.63) is 63.8 Å². The van der Waals surface area contributed by atoms with Crippen LogP contribution in [0, 0.1) is 18.6 Å². The molecule has 0 aliphatic rings. The number of halogens is 3. The van der Waals surface area contributed by atoms with Crippen LogP contribution in [0.2, 0.25) is 5.02 Å². The number of phenols is 1. The minimum Gasteiger partial charge on any atom is -0.505 e. The second kappa shape index (κ2) is 8.23. The largest absolute Gasteiger partial charge is 0.505 e. The number of nitrogens with zero attached hydrogens (tertiary/aromatic N) is 1. The van der Waals surface area contributed by atoms with E-state index >= 15 is 0 Å². The van der Waals surface area contributed by atoms with E-state index in [0.29, 0.717) is 0 Å². The lowest BCUT2D eigenvalue weighted by molar-refractivity contribution is -0.145. The number of nitrogens with one attached hydrogen (secondary N) is 1. The van der Waals surface area contributed by atoms with Crippen molar-refractivity contribution in [1.29, 1.82) is 0 Å². The SMILES string of the molecule is Cc1c(CC(=O)NC(C)(C)C(=O)O)c2cc(O)c(F)cc2n1C(=O)c1ccc(Cl)c(F)c1. The Bertz CT molecular complexity index is 1280. The Labute approximate surface area is 186 Å². The van der Waals surface area contributed by atoms with Crippen molar-refractivity contribution in [2.75, 3.05) is 0 Å². The van der Waals surface area contributed by atoms with E-state index in [2.05, 4.69) is 5.32 Å². The molecule has 1 heterocycles. The minimum absolute atomic E-state index is 0.0541. The van der Waals surface area contributed by atoms with Crippen molar-refractivity contribution in [2.24, 2.45) is 0 Å². The highest BCUT2D eigenvalue weighted by Crippen LogP contribution is 2.32. The molecule has 0 spiro atoms. The molecule has 0 saturated carbocycles. The normalized spacial score (nSPS) is 11.6. The van der Waals surface area contributed by atoms with Crippen molar-refractivity contribution >= 4 is 40.3 Å². The van der Waals surface area contributed by atoms with E-state index in [1.807, 2.05) is 0 Å². The second-order valence-corrected chi connectivity index (χ2v) is 8.22. The second-order valence-electron chi connectivity index (χ2n) is 7.81. The topological polar surface area (TPSA) is 109 Å². The lowest BCUT2D eigenvalue weighted by atomic mass is 10.0. The summed E-state index contributed by atoms with van der Waals surface area (Å²) < 4.78 is 29.1. The molecule has 0 atom stereocenters. The first-order valence-corrected chi connectivity index (χ1v) is 9.78. The average Bonchev–Trinajstić information content (AvgIpc) is 2.94. The monoisotopic (exact) mass is 464 g/mol.